The minimum atomic E-state index is 0.306. The molecule has 0 fully saturated rings. The summed E-state index contributed by atoms with van der Waals surface area (Å²) in [6.45, 7) is 9.28. The van der Waals surface area contributed by atoms with E-state index >= 15 is 0 Å². The largest absolute Gasteiger partial charge is 0.139 e. The van der Waals surface area contributed by atoms with E-state index in [4.69, 9.17) is 0 Å². The first-order valence-electron chi connectivity index (χ1n) is 16.3. The Balaban J connectivity index is 1.50. The van der Waals surface area contributed by atoms with Crippen molar-refractivity contribution in [2.75, 3.05) is 0 Å². The molecule has 1 aliphatic rings. The minimum absolute atomic E-state index is 0.306. The van der Waals surface area contributed by atoms with Crippen molar-refractivity contribution in [3.63, 3.8) is 0 Å². The zero-order valence-corrected chi connectivity index (χ0v) is 26.7. The molecule has 0 radical (unpaired) electrons. The van der Waals surface area contributed by atoms with Gasteiger partial charge in [-0.3, -0.25) is 0 Å². The fourth-order valence-electron chi connectivity index (χ4n) is 6.71. The van der Waals surface area contributed by atoms with Gasteiger partial charge in [0.25, 0.3) is 0 Å². The highest BCUT2D eigenvalue weighted by atomic mass is 32.1. The first-order valence-corrected chi connectivity index (χ1v) is 18.0. The summed E-state index contributed by atoms with van der Waals surface area (Å²) in [4.78, 5) is 6.28. The Morgan fingerprint density at radius 1 is 0.459 bits per heavy atom. The number of unbranched alkanes of at least 4 members (excludes halogenated alkanes) is 18. The maximum absolute atomic E-state index is 2.58. The molecule has 0 unspecified atom stereocenters. The molecule has 0 aliphatic heterocycles. The molecule has 2 aromatic rings. The normalized spacial score (nSPS) is 13.8. The zero-order valence-electron chi connectivity index (χ0n) is 25.0. The van der Waals surface area contributed by atoms with Gasteiger partial charge in [0.15, 0.2) is 0 Å². The predicted octanol–water partition coefficient (Wildman–Crippen LogP) is 13.3. The second-order valence-electron chi connectivity index (χ2n) is 12.1. The average molecular weight is 543 g/mol. The van der Waals surface area contributed by atoms with Crippen LogP contribution in [0.3, 0.4) is 0 Å². The maximum atomic E-state index is 2.58. The molecule has 0 bridgehead atoms. The Kier molecular flexibility index (Phi) is 14.4. The van der Waals surface area contributed by atoms with Crippen LogP contribution in [0.5, 0.6) is 0 Å². The standard InChI is InChI=1S/C35H58S2/c1-5-7-9-11-13-15-17-19-21-23-25-35(26-24-22-20-18-16-14-12-10-8-6-2)31-27-29(3)36-33(31)34-32(35)28-30(4)37-34/h27-28H,5-26H2,1-4H3. The van der Waals surface area contributed by atoms with E-state index in [-0.39, 0.29) is 0 Å². The SMILES string of the molecule is CCCCCCCCCCCCC1(CCCCCCCCCCCC)c2cc(C)sc2-c2sc(C)cc21. The molecule has 0 atom stereocenters. The van der Waals surface area contributed by atoms with Gasteiger partial charge in [0, 0.05) is 24.9 Å². The third-order valence-corrected chi connectivity index (χ3v) is 11.1. The van der Waals surface area contributed by atoms with Crippen molar-refractivity contribution in [3.8, 4) is 9.75 Å². The summed E-state index contributed by atoms with van der Waals surface area (Å²) in [5.41, 5.74) is 3.73. The van der Waals surface area contributed by atoms with Gasteiger partial charge in [-0.25, -0.2) is 0 Å². The van der Waals surface area contributed by atoms with E-state index in [0.717, 1.165) is 0 Å². The number of hydrogen-bond donors (Lipinski definition) is 0. The van der Waals surface area contributed by atoms with Gasteiger partial charge in [-0.05, 0) is 49.9 Å². The van der Waals surface area contributed by atoms with Crippen molar-refractivity contribution in [3.05, 3.63) is 33.0 Å². The fourth-order valence-corrected chi connectivity index (χ4v) is 9.10. The van der Waals surface area contributed by atoms with Gasteiger partial charge in [-0.1, -0.05) is 142 Å². The van der Waals surface area contributed by atoms with Crippen LogP contribution in [0.4, 0.5) is 0 Å². The molecule has 0 amide bonds. The van der Waals surface area contributed by atoms with Gasteiger partial charge in [-0.15, -0.1) is 22.7 Å². The first-order chi connectivity index (χ1) is 18.1. The topological polar surface area (TPSA) is 0 Å². The Morgan fingerprint density at radius 2 is 0.757 bits per heavy atom. The van der Waals surface area contributed by atoms with E-state index in [2.05, 4.69) is 62.5 Å². The number of thiophene rings is 2. The molecule has 210 valence electrons. The van der Waals surface area contributed by atoms with Crippen LogP contribution in [0, 0.1) is 13.8 Å². The van der Waals surface area contributed by atoms with Gasteiger partial charge >= 0.3 is 0 Å². The van der Waals surface area contributed by atoms with Gasteiger partial charge < -0.3 is 0 Å². The van der Waals surface area contributed by atoms with Crippen molar-refractivity contribution in [2.45, 2.75) is 174 Å². The van der Waals surface area contributed by atoms with Gasteiger partial charge in [0.2, 0.25) is 0 Å². The number of fused-ring (bicyclic) bond motifs is 3. The van der Waals surface area contributed by atoms with Gasteiger partial charge in [-0.2, -0.15) is 0 Å². The maximum Gasteiger partial charge on any atom is 0.0489 e. The Labute approximate surface area is 239 Å². The van der Waals surface area contributed by atoms with Crippen molar-refractivity contribution < 1.29 is 0 Å². The monoisotopic (exact) mass is 542 g/mol. The molecule has 0 aromatic carbocycles. The number of hydrogen-bond acceptors (Lipinski definition) is 2. The van der Waals surface area contributed by atoms with E-state index in [1.165, 1.54) is 151 Å². The Morgan fingerprint density at radius 3 is 1.08 bits per heavy atom. The van der Waals surface area contributed by atoms with Crippen LogP contribution in [0.1, 0.15) is 176 Å². The van der Waals surface area contributed by atoms with Crippen LogP contribution in [0.2, 0.25) is 0 Å². The summed E-state index contributed by atoms with van der Waals surface area (Å²) in [5, 5.41) is 0. The van der Waals surface area contributed by atoms with E-state index in [1.807, 2.05) is 0 Å². The van der Waals surface area contributed by atoms with Crippen molar-refractivity contribution in [2.24, 2.45) is 0 Å². The number of rotatable bonds is 22. The predicted molar refractivity (Wildman–Crippen MR) is 171 cm³/mol. The average Bonchev–Trinajstić information content (AvgIpc) is 3.52. The molecule has 0 saturated carbocycles. The fraction of sp³-hybridized carbons (Fsp3) is 0.771. The third kappa shape index (κ3) is 9.23. The van der Waals surface area contributed by atoms with E-state index in [9.17, 15) is 0 Å². The highest BCUT2D eigenvalue weighted by Crippen LogP contribution is 2.59. The second-order valence-corrected chi connectivity index (χ2v) is 14.7. The lowest BCUT2D eigenvalue weighted by atomic mass is 9.71. The van der Waals surface area contributed by atoms with Crippen LogP contribution in [-0.2, 0) is 5.41 Å². The molecular formula is C35H58S2. The lowest BCUT2D eigenvalue weighted by molar-refractivity contribution is 0.397. The molecule has 2 aromatic heterocycles. The molecule has 0 N–H and O–H groups in total. The van der Waals surface area contributed by atoms with Crippen LogP contribution in [0.25, 0.3) is 9.75 Å². The van der Waals surface area contributed by atoms with E-state index < -0.39 is 0 Å². The molecule has 3 rings (SSSR count). The summed E-state index contributed by atoms with van der Waals surface area (Å²) >= 11 is 4.12. The third-order valence-electron chi connectivity index (χ3n) is 8.86. The quantitative estimate of drug-likeness (QED) is 0.130. The molecule has 2 heteroatoms. The molecule has 0 saturated heterocycles. The highest BCUT2D eigenvalue weighted by Gasteiger charge is 2.44. The first kappa shape index (κ1) is 30.9. The molecule has 0 spiro atoms. The summed E-state index contributed by atoms with van der Waals surface area (Å²) in [6, 6.07) is 5.16. The van der Waals surface area contributed by atoms with Gasteiger partial charge in [0.1, 0.15) is 0 Å². The smallest absolute Gasteiger partial charge is 0.0489 e. The zero-order chi connectivity index (χ0) is 26.3. The summed E-state index contributed by atoms with van der Waals surface area (Å²) in [5.74, 6) is 0. The summed E-state index contributed by atoms with van der Waals surface area (Å²) in [7, 11) is 0. The number of aryl methyl sites for hydroxylation is 2. The second kappa shape index (κ2) is 17.2. The van der Waals surface area contributed by atoms with Crippen LogP contribution >= 0.6 is 22.7 Å². The lowest BCUT2D eigenvalue weighted by Gasteiger charge is -2.31. The van der Waals surface area contributed by atoms with E-state index in [0.29, 0.717) is 5.41 Å². The van der Waals surface area contributed by atoms with Crippen LogP contribution in [-0.4, -0.2) is 0 Å². The summed E-state index contributed by atoms with van der Waals surface area (Å²) in [6.07, 6.45) is 31.3. The molecule has 2 heterocycles. The molecule has 0 nitrogen and oxygen atoms in total. The Hall–Kier alpha value is -0.600. The van der Waals surface area contributed by atoms with Gasteiger partial charge in [0.05, 0.1) is 0 Å². The molecular weight excluding hydrogens is 485 g/mol. The lowest BCUT2D eigenvalue weighted by Crippen LogP contribution is -2.25. The van der Waals surface area contributed by atoms with Crippen molar-refractivity contribution in [1.29, 1.82) is 0 Å². The van der Waals surface area contributed by atoms with Crippen LogP contribution < -0.4 is 0 Å². The molecule has 37 heavy (non-hydrogen) atoms. The van der Waals surface area contributed by atoms with Crippen molar-refractivity contribution >= 4 is 22.7 Å². The minimum Gasteiger partial charge on any atom is -0.139 e. The van der Waals surface area contributed by atoms with Crippen molar-refractivity contribution in [1.82, 2.24) is 0 Å². The highest BCUT2D eigenvalue weighted by molar-refractivity contribution is 7.22. The molecule has 1 aliphatic carbocycles. The van der Waals surface area contributed by atoms with E-state index in [1.54, 1.807) is 20.9 Å². The Bertz CT molecular complexity index is 798. The summed E-state index contributed by atoms with van der Waals surface area (Å²) < 4.78 is 0. The van der Waals surface area contributed by atoms with Crippen LogP contribution in [0.15, 0.2) is 12.1 Å².